The molecule has 1 aliphatic rings. The predicted octanol–water partition coefficient (Wildman–Crippen LogP) is 3.66. The van der Waals surface area contributed by atoms with Crippen LogP contribution in [0, 0.1) is 17.2 Å². The number of sulfonamides is 1. The number of carbonyl (C=O) groups excluding carboxylic acids is 1. The molecule has 1 heterocycles. The normalized spacial score (nSPS) is 15.6. The lowest BCUT2D eigenvalue weighted by atomic mass is 9.91. The van der Waals surface area contributed by atoms with Gasteiger partial charge in [-0.15, -0.1) is 0 Å². The van der Waals surface area contributed by atoms with E-state index in [0.29, 0.717) is 19.0 Å². The van der Waals surface area contributed by atoms with Crippen molar-refractivity contribution in [3.8, 4) is 6.07 Å². The zero-order chi connectivity index (χ0) is 20.9. The Hall–Kier alpha value is -2.40. The summed E-state index contributed by atoms with van der Waals surface area (Å²) in [5.74, 6) is -0.340. The second-order valence-corrected chi connectivity index (χ2v) is 9.23. The van der Waals surface area contributed by atoms with Crippen molar-refractivity contribution in [2.75, 3.05) is 19.7 Å². The summed E-state index contributed by atoms with van der Waals surface area (Å²) in [7, 11) is -3.84. The first kappa shape index (κ1) is 21.3. The smallest absolute Gasteiger partial charge is 0.339 e. The topological polar surface area (TPSA) is 87.5 Å². The van der Waals surface area contributed by atoms with Crippen molar-refractivity contribution < 1.29 is 17.9 Å². The van der Waals surface area contributed by atoms with Crippen molar-refractivity contribution >= 4 is 27.6 Å². The van der Waals surface area contributed by atoms with E-state index in [2.05, 4.69) is 12.1 Å². The van der Waals surface area contributed by atoms with Gasteiger partial charge in [0.1, 0.15) is 11.0 Å². The second kappa shape index (κ2) is 9.40. The highest BCUT2D eigenvalue weighted by molar-refractivity contribution is 7.89. The van der Waals surface area contributed by atoms with Gasteiger partial charge in [0.25, 0.3) is 0 Å². The van der Waals surface area contributed by atoms with Crippen LogP contribution in [0.3, 0.4) is 0 Å². The Morgan fingerprint density at radius 1 is 1.17 bits per heavy atom. The highest BCUT2D eigenvalue weighted by Gasteiger charge is 2.31. The van der Waals surface area contributed by atoms with Crippen LogP contribution in [-0.2, 0) is 21.2 Å². The number of rotatable bonds is 6. The number of benzene rings is 2. The van der Waals surface area contributed by atoms with Crippen LogP contribution in [0.2, 0.25) is 5.02 Å². The average molecular weight is 433 g/mol. The Morgan fingerprint density at radius 3 is 2.52 bits per heavy atom. The van der Waals surface area contributed by atoms with E-state index in [1.54, 1.807) is 6.07 Å². The van der Waals surface area contributed by atoms with Gasteiger partial charge in [-0.3, -0.25) is 0 Å². The highest BCUT2D eigenvalue weighted by atomic mass is 35.5. The summed E-state index contributed by atoms with van der Waals surface area (Å²) in [5.41, 5.74) is 1.29. The van der Waals surface area contributed by atoms with Crippen LogP contribution in [0.4, 0.5) is 0 Å². The first-order valence-electron chi connectivity index (χ1n) is 9.29. The molecule has 1 aliphatic heterocycles. The molecule has 0 unspecified atom stereocenters. The van der Waals surface area contributed by atoms with E-state index in [1.807, 2.05) is 18.2 Å². The van der Waals surface area contributed by atoms with Crippen LogP contribution in [-0.4, -0.2) is 38.4 Å². The molecule has 29 heavy (non-hydrogen) atoms. The number of carbonyl (C=O) groups is 1. The summed E-state index contributed by atoms with van der Waals surface area (Å²) in [6.07, 6.45) is 2.45. The standard InChI is InChI=1S/C21H21ClN2O4S/c22-19-7-6-18(21(25)28-13-10-23)15-20(19)29(26,27)24-11-8-17(9-12-24)14-16-4-2-1-3-5-16/h1-7,15,17H,8-9,11-14H2. The van der Waals surface area contributed by atoms with Gasteiger partial charge in [-0.25, -0.2) is 13.2 Å². The Labute approximate surface area is 175 Å². The zero-order valence-corrected chi connectivity index (χ0v) is 17.3. The fraction of sp³-hybridized carbons (Fsp3) is 0.333. The number of esters is 1. The van der Waals surface area contributed by atoms with Crippen molar-refractivity contribution in [1.82, 2.24) is 4.31 Å². The molecule has 0 amide bonds. The van der Waals surface area contributed by atoms with Crippen LogP contribution in [0.5, 0.6) is 0 Å². The maximum atomic E-state index is 13.1. The summed E-state index contributed by atoms with van der Waals surface area (Å²) in [6.45, 7) is 0.400. The second-order valence-electron chi connectivity index (χ2n) is 6.92. The van der Waals surface area contributed by atoms with Crippen LogP contribution in [0.25, 0.3) is 0 Å². The number of nitrogens with zero attached hydrogens (tertiary/aromatic N) is 2. The summed E-state index contributed by atoms with van der Waals surface area (Å²) in [6, 6.07) is 15.8. The third-order valence-corrected chi connectivity index (χ3v) is 7.37. The molecular weight excluding hydrogens is 412 g/mol. The fourth-order valence-corrected chi connectivity index (χ4v) is 5.42. The molecule has 2 aromatic carbocycles. The molecule has 0 aliphatic carbocycles. The first-order valence-corrected chi connectivity index (χ1v) is 11.1. The molecule has 0 aromatic heterocycles. The van der Waals surface area contributed by atoms with Crippen molar-refractivity contribution in [2.24, 2.45) is 5.92 Å². The number of piperidine rings is 1. The Morgan fingerprint density at radius 2 is 1.86 bits per heavy atom. The molecular formula is C21H21ClN2O4S. The van der Waals surface area contributed by atoms with Crippen LogP contribution in [0.1, 0.15) is 28.8 Å². The molecule has 6 nitrogen and oxygen atoms in total. The lowest BCUT2D eigenvalue weighted by Crippen LogP contribution is -2.39. The van der Waals surface area contributed by atoms with Crippen LogP contribution in [0.15, 0.2) is 53.4 Å². The fourth-order valence-electron chi connectivity index (χ4n) is 3.45. The molecule has 1 fully saturated rings. The zero-order valence-electron chi connectivity index (χ0n) is 15.8. The minimum atomic E-state index is -3.84. The molecule has 0 saturated carbocycles. The van der Waals surface area contributed by atoms with E-state index in [-0.39, 0.29) is 15.5 Å². The van der Waals surface area contributed by atoms with Gasteiger partial charge < -0.3 is 4.74 Å². The maximum Gasteiger partial charge on any atom is 0.339 e. The van der Waals surface area contributed by atoms with Crippen LogP contribution < -0.4 is 0 Å². The minimum Gasteiger partial charge on any atom is -0.447 e. The Bertz CT molecular complexity index is 1010. The summed E-state index contributed by atoms with van der Waals surface area (Å²) < 4.78 is 32.4. The maximum absolute atomic E-state index is 13.1. The van der Waals surface area contributed by atoms with E-state index in [0.717, 1.165) is 19.3 Å². The highest BCUT2D eigenvalue weighted by Crippen LogP contribution is 2.30. The van der Waals surface area contributed by atoms with Gasteiger partial charge in [-0.1, -0.05) is 41.9 Å². The first-order chi connectivity index (χ1) is 13.9. The lowest BCUT2D eigenvalue weighted by molar-refractivity contribution is 0.0554. The van der Waals surface area contributed by atoms with Gasteiger partial charge in [0.15, 0.2) is 6.61 Å². The Kier molecular flexibility index (Phi) is 6.91. The molecule has 8 heteroatoms. The minimum absolute atomic E-state index is 0.0437. The van der Waals surface area contributed by atoms with E-state index in [9.17, 15) is 13.2 Å². The summed E-state index contributed by atoms with van der Waals surface area (Å²) in [4.78, 5) is 11.8. The average Bonchev–Trinajstić information content (AvgIpc) is 2.73. The largest absolute Gasteiger partial charge is 0.447 e. The predicted molar refractivity (Wildman–Crippen MR) is 109 cm³/mol. The van der Waals surface area contributed by atoms with E-state index in [4.69, 9.17) is 21.6 Å². The van der Waals surface area contributed by atoms with Gasteiger partial charge in [0.05, 0.1) is 10.6 Å². The number of halogens is 1. The van der Waals surface area contributed by atoms with Gasteiger partial charge in [-0.05, 0) is 48.9 Å². The van der Waals surface area contributed by atoms with Crippen molar-refractivity contribution in [1.29, 1.82) is 5.26 Å². The van der Waals surface area contributed by atoms with E-state index >= 15 is 0 Å². The molecule has 2 aromatic rings. The third-order valence-electron chi connectivity index (χ3n) is 4.99. The van der Waals surface area contributed by atoms with Gasteiger partial charge >= 0.3 is 5.97 Å². The Balaban J connectivity index is 1.71. The molecule has 0 spiro atoms. The van der Waals surface area contributed by atoms with Crippen molar-refractivity contribution in [2.45, 2.75) is 24.2 Å². The summed E-state index contributed by atoms with van der Waals surface area (Å²) in [5, 5.41) is 8.57. The molecule has 3 rings (SSSR count). The monoisotopic (exact) mass is 432 g/mol. The number of ether oxygens (including phenoxy) is 1. The third kappa shape index (κ3) is 5.15. The lowest BCUT2D eigenvalue weighted by Gasteiger charge is -2.31. The van der Waals surface area contributed by atoms with E-state index < -0.39 is 22.6 Å². The molecule has 0 N–H and O–H groups in total. The number of nitriles is 1. The van der Waals surface area contributed by atoms with Crippen LogP contribution >= 0.6 is 11.6 Å². The molecule has 1 saturated heterocycles. The molecule has 0 bridgehead atoms. The van der Waals surface area contributed by atoms with Crippen molar-refractivity contribution in [3.63, 3.8) is 0 Å². The van der Waals surface area contributed by atoms with Crippen molar-refractivity contribution in [3.05, 3.63) is 64.7 Å². The number of hydrogen-bond acceptors (Lipinski definition) is 5. The molecule has 0 atom stereocenters. The van der Waals surface area contributed by atoms with Gasteiger partial charge in [0, 0.05) is 13.1 Å². The number of hydrogen-bond donors (Lipinski definition) is 0. The molecule has 0 radical (unpaired) electrons. The molecule has 152 valence electrons. The SMILES string of the molecule is N#CCOC(=O)c1ccc(Cl)c(S(=O)(=O)N2CCC(Cc3ccccc3)CC2)c1. The van der Waals surface area contributed by atoms with Gasteiger partial charge in [-0.2, -0.15) is 9.57 Å². The quantitative estimate of drug-likeness (QED) is 0.650. The van der Waals surface area contributed by atoms with Gasteiger partial charge in [0.2, 0.25) is 10.0 Å². The summed E-state index contributed by atoms with van der Waals surface area (Å²) >= 11 is 6.13. The van der Waals surface area contributed by atoms with E-state index in [1.165, 1.54) is 28.1 Å².